The molecule has 0 unspecified atom stereocenters. The molecule has 1 aliphatic rings. The van der Waals surface area contributed by atoms with Crippen molar-refractivity contribution >= 4 is 22.5 Å². The molecular formula is C21H16F4N6. The van der Waals surface area contributed by atoms with Gasteiger partial charge in [0, 0.05) is 23.1 Å². The maximum absolute atomic E-state index is 13.7. The minimum Gasteiger partial charge on any atom is -0.323 e. The SMILES string of the molecule is Fc1ccc2[nH]nc(Nc3nc(-c4ccccc4C(F)(F)F)nc4c3CCNC4)c2c1. The molecule has 158 valence electrons. The van der Waals surface area contributed by atoms with Gasteiger partial charge in [-0.25, -0.2) is 14.4 Å². The first-order valence-corrected chi connectivity index (χ1v) is 9.58. The number of rotatable bonds is 3. The zero-order chi connectivity index (χ0) is 21.6. The number of aromatic amines is 1. The molecule has 0 amide bonds. The predicted molar refractivity (Wildman–Crippen MR) is 107 cm³/mol. The summed E-state index contributed by atoms with van der Waals surface area (Å²) in [5.41, 5.74) is 1.11. The van der Waals surface area contributed by atoms with Gasteiger partial charge < -0.3 is 10.6 Å². The first-order chi connectivity index (χ1) is 14.9. The van der Waals surface area contributed by atoms with E-state index < -0.39 is 17.6 Å². The van der Waals surface area contributed by atoms with Gasteiger partial charge in [-0.3, -0.25) is 5.10 Å². The highest BCUT2D eigenvalue weighted by Gasteiger charge is 2.34. The second-order valence-electron chi connectivity index (χ2n) is 7.18. The molecular weight excluding hydrogens is 412 g/mol. The fourth-order valence-electron chi connectivity index (χ4n) is 3.70. The van der Waals surface area contributed by atoms with Crippen LogP contribution in [0.15, 0.2) is 42.5 Å². The van der Waals surface area contributed by atoms with Gasteiger partial charge in [0.2, 0.25) is 0 Å². The van der Waals surface area contributed by atoms with E-state index in [0.29, 0.717) is 47.7 Å². The van der Waals surface area contributed by atoms with Crippen molar-refractivity contribution in [2.75, 3.05) is 11.9 Å². The number of aromatic nitrogens is 4. The molecule has 4 aromatic rings. The lowest BCUT2D eigenvalue weighted by Crippen LogP contribution is -2.26. The predicted octanol–water partition coefficient (Wildman–Crippen LogP) is 4.57. The van der Waals surface area contributed by atoms with Gasteiger partial charge in [0.15, 0.2) is 11.6 Å². The number of fused-ring (bicyclic) bond motifs is 2. The van der Waals surface area contributed by atoms with Crippen LogP contribution in [0.5, 0.6) is 0 Å². The van der Waals surface area contributed by atoms with Gasteiger partial charge in [0.25, 0.3) is 0 Å². The van der Waals surface area contributed by atoms with Crippen LogP contribution in [0, 0.1) is 5.82 Å². The molecule has 2 aromatic carbocycles. The first kappa shape index (κ1) is 19.4. The summed E-state index contributed by atoms with van der Waals surface area (Å²) >= 11 is 0. The maximum atomic E-state index is 13.7. The highest BCUT2D eigenvalue weighted by molar-refractivity contribution is 5.91. The van der Waals surface area contributed by atoms with Crippen molar-refractivity contribution in [2.24, 2.45) is 0 Å². The summed E-state index contributed by atoms with van der Waals surface area (Å²) in [7, 11) is 0. The highest BCUT2D eigenvalue weighted by Crippen LogP contribution is 2.37. The number of alkyl halides is 3. The summed E-state index contributed by atoms with van der Waals surface area (Å²) in [4.78, 5) is 8.86. The topological polar surface area (TPSA) is 78.5 Å². The lowest BCUT2D eigenvalue weighted by molar-refractivity contribution is -0.137. The molecule has 0 aliphatic carbocycles. The van der Waals surface area contributed by atoms with Crippen LogP contribution in [0.2, 0.25) is 0 Å². The number of benzene rings is 2. The van der Waals surface area contributed by atoms with E-state index in [1.807, 2.05) is 0 Å². The van der Waals surface area contributed by atoms with E-state index in [4.69, 9.17) is 0 Å². The summed E-state index contributed by atoms with van der Waals surface area (Å²) in [6.45, 7) is 1.09. The van der Waals surface area contributed by atoms with E-state index in [0.717, 1.165) is 11.6 Å². The average Bonchev–Trinajstić information content (AvgIpc) is 3.15. The molecule has 0 saturated heterocycles. The van der Waals surface area contributed by atoms with E-state index in [-0.39, 0.29) is 11.4 Å². The van der Waals surface area contributed by atoms with Crippen molar-refractivity contribution in [1.82, 2.24) is 25.5 Å². The average molecular weight is 428 g/mol. The number of hydrogen-bond acceptors (Lipinski definition) is 5. The zero-order valence-corrected chi connectivity index (χ0v) is 16.0. The van der Waals surface area contributed by atoms with Gasteiger partial charge >= 0.3 is 6.18 Å². The monoisotopic (exact) mass is 428 g/mol. The van der Waals surface area contributed by atoms with Crippen molar-refractivity contribution in [3.05, 3.63) is 65.1 Å². The normalized spacial score (nSPS) is 13.9. The number of hydrogen-bond donors (Lipinski definition) is 3. The summed E-state index contributed by atoms with van der Waals surface area (Å²) in [6, 6.07) is 9.41. The summed E-state index contributed by atoms with van der Waals surface area (Å²) < 4.78 is 54.4. The quantitative estimate of drug-likeness (QED) is 0.417. The van der Waals surface area contributed by atoms with Crippen LogP contribution in [0.25, 0.3) is 22.3 Å². The van der Waals surface area contributed by atoms with Crippen LogP contribution in [0.1, 0.15) is 16.8 Å². The largest absolute Gasteiger partial charge is 0.417 e. The van der Waals surface area contributed by atoms with Crippen LogP contribution in [-0.2, 0) is 19.1 Å². The zero-order valence-electron chi connectivity index (χ0n) is 16.0. The van der Waals surface area contributed by atoms with Crippen molar-refractivity contribution < 1.29 is 17.6 Å². The standard InChI is InChI=1S/C21H16F4N6/c22-11-5-6-16-14(9-11)20(31-30-16)29-19-13-7-8-26-10-17(13)27-18(28-19)12-3-1-2-4-15(12)21(23,24)25/h1-6,9,26H,7-8,10H2,(H2,27,28,29,30,31). The molecule has 10 heteroatoms. The highest BCUT2D eigenvalue weighted by atomic mass is 19.4. The fourth-order valence-corrected chi connectivity index (χ4v) is 3.70. The third-order valence-electron chi connectivity index (χ3n) is 5.17. The molecule has 0 fully saturated rings. The van der Waals surface area contributed by atoms with Crippen LogP contribution in [0.4, 0.5) is 29.2 Å². The molecule has 2 aromatic heterocycles. The smallest absolute Gasteiger partial charge is 0.323 e. The Labute approximate surface area is 173 Å². The van der Waals surface area contributed by atoms with Gasteiger partial charge in [0.1, 0.15) is 11.6 Å². The second-order valence-corrected chi connectivity index (χ2v) is 7.18. The van der Waals surface area contributed by atoms with Crippen LogP contribution in [0.3, 0.4) is 0 Å². The number of H-pyrrole nitrogens is 1. The van der Waals surface area contributed by atoms with Crippen molar-refractivity contribution in [1.29, 1.82) is 0 Å². The van der Waals surface area contributed by atoms with Gasteiger partial charge in [-0.2, -0.15) is 18.3 Å². The summed E-state index contributed by atoms with van der Waals surface area (Å²) in [5, 5.41) is 13.8. The van der Waals surface area contributed by atoms with Crippen molar-refractivity contribution in [3.63, 3.8) is 0 Å². The van der Waals surface area contributed by atoms with E-state index >= 15 is 0 Å². The minimum atomic E-state index is -4.54. The Kier molecular flexibility index (Phi) is 4.58. The Balaban J connectivity index is 1.65. The second kappa shape index (κ2) is 7.31. The third kappa shape index (κ3) is 3.59. The lowest BCUT2D eigenvalue weighted by Gasteiger charge is -2.21. The van der Waals surface area contributed by atoms with E-state index in [2.05, 4.69) is 30.8 Å². The Morgan fingerprint density at radius 2 is 1.84 bits per heavy atom. The molecule has 3 N–H and O–H groups in total. The van der Waals surface area contributed by atoms with Gasteiger partial charge in [-0.1, -0.05) is 18.2 Å². The minimum absolute atomic E-state index is 0.0381. The van der Waals surface area contributed by atoms with Gasteiger partial charge in [-0.15, -0.1) is 0 Å². The molecule has 0 saturated carbocycles. The molecule has 6 nitrogen and oxygen atoms in total. The van der Waals surface area contributed by atoms with Crippen molar-refractivity contribution in [3.8, 4) is 11.4 Å². The lowest BCUT2D eigenvalue weighted by atomic mass is 10.0. The Bertz CT molecular complexity index is 1280. The number of nitrogens with zero attached hydrogens (tertiary/aromatic N) is 3. The van der Waals surface area contributed by atoms with E-state index in [1.165, 1.54) is 30.3 Å². The van der Waals surface area contributed by atoms with Crippen LogP contribution >= 0.6 is 0 Å². The molecule has 0 atom stereocenters. The molecule has 0 radical (unpaired) electrons. The van der Waals surface area contributed by atoms with Crippen LogP contribution in [-0.4, -0.2) is 26.7 Å². The van der Waals surface area contributed by atoms with Gasteiger partial charge in [-0.05, 0) is 37.2 Å². The molecule has 0 spiro atoms. The number of halogens is 4. The Hall–Kier alpha value is -3.53. The maximum Gasteiger partial charge on any atom is 0.417 e. The Morgan fingerprint density at radius 1 is 1.00 bits per heavy atom. The number of nitrogens with one attached hydrogen (secondary N) is 3. The Morgan fingerprint density at radius 3 is 2.68 bits per heavy atom. The summed E-state index contributed by atoms with van der Waals surface area (Å²) in [6.07, 6.45) is -3.95. The molecule has 0 bridgehead atoms. The van der Waals surface area contributed by atoms with E-state index in [9.17, 15) is 17.6 Å². The van der Waals surface area contributed by atoms with E-state index in [1.54, 1.807) is 6.07 Å². The van der Waals surface area contributed by atoms with Crippen LogP contribution < -0.4 is 10.6 Å². The molecule has 3 heterocycles. The number of anilines is 2. The third-order valence-corrected chi connectivity index (χ3v) is 5.17. The van der Waals surface area contributed by atoms with Crippen molar-refractivity contribution in [2.45, 2.75) is 19.1 Å². The first-order valence-electron chi connectivity index (χ1n) is 9.58. The van der Waals surface area contributed by atoms with Gasteiger partial charge in [0.05, 0.1) is 16.8 Å². The summed E-state index contributed by atoms with van der Waals surface area (Å²) in [5.74, 6) is 0.231. The fraction of sp³-hybridized carbons (Fsp3) is 0.190. The molecule has 1 aliphatic heterocycles. The molecule has 31 heavy (non-hydrogen) atoms. The molecule has 5 rings (SSSR count).